The fourth-order valence-corrected chi connectivity index (χ4v) is 2.31. The molecular formula is C11H13N5O2. The summed E-state index contributed by atoms with van der Waals surface area (Å²) in [5.41, 5.74) is 0.851. The van der Waals surface area contributed by atoms with Crippen LogP contribution in [0.1, 0.15) is 12.1 Å². The third-order valence-corrected chi connectivity index (χ3v) is 3.22. The summed E-state index contributed by atoms with van der Waals surface area (Å²) in [7, 11) is 0. The van der Waals surface area contributed by atoms with E-state index in [0.717, 1.165) is 18.1 Å². The highest BCUT2D eigenvalue weighted by molar-refractivity contribution is 5.72. The number of aryl methyl sites for hydroxylation is 1. The number of aromatic nitrogens is 4. The number of hydrogen-bond donors (Lipinski definition) is 1. The Morgan fingerprint density at radius 2 is 2.39 bits per heavy atom. The first-order valence-electron chi connectivity index (χ1n) is 5.80. The maximum Gasteiger partial charge on any atom is 0.308 e. The normalized spacial score (nSPS) is 19.6. The Hall–Kier alpha value is -2.18. The van der Waals surface area contributed by atoms with Crippen LogP contribution in [0.15, 0.2) is 12.4 Å². The first kappa shape index (κ1) is 10.9. The summed E-state index contributed by atoms with van der Waals surface area (Å²) < 4.78 is 1.65. The van der Waals surface area contributed by atoms with E-state index in [-0.39, 0.29) is 5.92 Å². The molecule has 7 nitrogen and oxygen atoms in total. The van der Waals surface area contributed by atoms with Gasteiger partial charge in [0, 0.05) is 24.8 Å². The summed E-state index contributed by atoms with van der Waals surface area (Å²) in [4.78, 5) is 21.3. The zero-order valence-corrected chi connectivity index (χ0v) is 9.94. The minimum atomic E-state index is -0.738. The van der Waals surface area contributed by atoms with E-state index in [1.165, 1.54) is 6.33 Å². The lowest BCUT2D eigenvalue weighted by Gasteiger charge is -2.18. The molecule has 2 aromatic heterocycles. The smallest absolute Gasteiger partial charge is 0.308 e. The van der Waals surface area contributed by atoms with Gasteiger partial charge in [0.2, 0.25) is 0 Å². The van der Waals surface area contributed by atoms with Crippen molar-refractivity contribution in [3.8, 4) is 0 Å². The second kappa shape index (κ2) is 3.94. The number of carbonyl (C=O) groups is 1. The molecule has 0 unspecified atom stereocenters. The first-order valence-corrected chi connectivity index (χ1v) is 5.80. The summed E-state index contributed by atoms with van der Waals surface area (Å²) in [6.45, 7) is 3.12. The molecule has 1 atom stereocenters. The van der Waals surface area contributed by atoms with Crippen LogP contribution in [0.25, 0.3) is 5.78 Å². The average Bonchev–Trinajstić information content (AvgIpc) is 2.95. The lowest BCUT2D eigenvalue weighted by Crippen LogP contribution is -2.25. The molecule has 1 N–H and O–H groups in total. The number of aliphatic carboxylic acids is 1. The second-order valence-electron chi connectivity index (χ2n) is 4.50. The van der Waals surface area contributed by atoms with E-state index in [4.69, 9.17) is 5.11 Å². The van der Waals surface area contributed by atoms with Crippen molar-refractivity contribution in [2.45, 2.75) is 13.3 Å². The maximum absolute atomic E-state index is 11.0. The Labute approximate surface area is 103 Å². The van der Waals surface area contributed by atoms with Crippen molar-refractivity contribution < 1.29 is 9.90 Å². The van der Waals surface area contributed by atoms with Crippen LogP contribution < -0.4 is 4.90 Å². The van der Waals surface area contributed by atoms with Gasteiger partial charge in [-0.15, -0.1) is 0 Å². The van der Waals surface area contributed by atoms with Crippen LogP contribution in [0.4, 0.5) is 5.82 Å². The zero-order chi connectivity index (χ0) is 12.7. The van der Waals surface area contributed by atoms with Gasteiger partial charge in [0.1, 0.15) is 12.1 Å². The summed E-state index contributed by atoms with van der Waals surface area (Å²) in [6, 6.07) is 1.91. The van der Waals surface area contributed by atoms with Gasteiger partial charge in [-0.2, -0.15) is 14.6 Å². The molecule has 0 radical (unpaired) electrons. The lowest BCUT2D eigenvalue weighted by molar-refractivity contribution is -0.140. The molecule has 3 heterocycles. The Morgan fingerprint density at radius 1 is 1.56 bits per heavy atom. The van der Waals surface area contributed by atoms with Gasteiger partial charge in [0.25, 0.3) is 5.78 Å². The zero-order valence-electron chi connectivity index (χ0n) is 9.94. The fraction of sp³-hybridized carbons (Fsp3) is 0.455. The molecule has 18 heavy (non-hydrogen) atoms. The third-order valence-electron chi connectivity index (χ3n) is 3.22. The van der Waals surface area contributed by atoms with Crippen molar-refractivity contribution in [3.05, 3.63) is 18.1 Å². The van der Waals surface area contributed by atoms with E-state index < -0.39 is 5.97 Å². The number of fused-ring (bicyclic) bond motifs is 1. The molecule has 0 aliphatic carbocycles. The van der Waals surface area contributed by atoms with Gasteiger partial charge in [-0.1, -0.05) is 0 Å². The molecule has 0 saturated carbocycles. The van der Waals surface area contributed by atoms with Crippen molar-refractivity contribution in [1.29, 1.82) is 0 Å². The summed E-state index contributed by atoms with van der Waals surface area (Å²) in [6.07, 6.45) is 2.11. The van der Waals surface area contributed by atoms with Crippen LogP contribution in [0, 0.1) is 12.8 Å². The third kappa shape index (κ3) is 1.68. The molecule has 1 aliphatic heterocycles. The predicted molar refractivity (Wildman–Crippen MR) is 63.5 cm³/mol. The van der Waals surface area contributed by atoms with Crippen LogP contribution in [-0.2, 0) is 4.79 Å². The van der Waals surface area contributed by atoms with E-state index in [9.17, 15) is 4.79 Å². The van der Waals surface area contributed by atoms with Gasteiger partial charge >= 0.3 is 5.97 Å². The predicted octanol–water partition coefficient (Wildman–Crippen LogP) is 0.344. The van der Waals surface area contributed by atoms with Gasteiger partial charge in [-0.25, -0.2) is 4.98 Å². The molecule has 2 aromatic rings. The fourth-order valence-electron chi connectivity index (χ4n) is 2.31. The molecule has 0 amide bonds. The largest absolute Gasteiger partial charge is 0.481 e. The molecule has 94 valence electrons. The monoisotopic (exact) mass is 247 g/mol. The van der Waals surface area contributed by atoms with Gasteiger partial charge in [0.05, 0.1) is 5.92 Å². The van der Waals surface area contributed by atoms with E-state index in [0.29, 0.717) is 18.7 Å². The topological polar surface area (TPSA) is 83.6 Å². The molecule has 1 aliphatic rings. The van der Waals surface area contributed by atoms with Crippen LogP contribution in [0.2, 0.25) is 0 Å². The van der Waals surface area contributed by atoms with Crippen molar-refractivity contribution in [1.82, 2.24) is 19.6 Å². The summed E-state index contributed by atoms with van der Waals surface area (Å²) in [5, 5.41) is 13.2. The van der Waals surface area contributed by atoms with Crippen molar-refractivity contribution >= 4 is 17.6 Å². The molecule has 0 spiro atoms. The van der Waals surface area contributed by atoms with Crippen molar-refractivity contribution in [2.75, 3.05) is 18.0 Å². The summed E-state index contributed by atoms with van der Waals surface area (Å²) >= 11 is 0. The molecule has 0 aromatic carbocycles. The number of carboxylic acid groups (broad SMARTS) is 1. The van der Waals surface area contributed by atoms with Crippen LogP contribution in [0.5, 0.6) is 0 Å². The SMILES string of the molecule is Cc1cc(N2CC[C@H](C(=O)O)C2)n2ncnc2n1. The molecule has 3 rings (SSSR count). The first-order chi connectivity index (χ1) is 8.65. The van der Waals surface area contributed by atoms with E-state index in [2.05, 4.69) is 15.1 Å². The molecular weight excluding hydrogens is 234 g/mol. The van der Waals surface area contributed by atoms with Crippen LogP contribution in [0.3, 0.4) is 0 Å². The quantitative estimate of drug-likeness (QED) is 0.824. The minimum Gasteiger partial charge on any atom is -0.481 e. The minimum absolute atomic E-state index is 0.308. The standard InChI is InChI=1S/C11H13N5O2/c1-7-4-9(16-11(14-7)12-6-13-16)15-3-2-8(5-15)10(17)18/h4,6,8H,2-3,5H2,1H3,(H,17,18)/t8-/m0/s1. The van der Waals surface area contributed by atoms with Gasteiger partial charge in [-0.3, -0.25) is 4.79 Å². The number of carboxylic acids is 1. The average molecular weight is 247 g/mol. The van der Waals surface area contributed by atoms with Gasteiger partial charge < -0.3 is 10.0 Å². The number of rotatable bonds is 2. The summed E-state index contributed by atoms with van der Waals surface area (Å²) in [5.74, 6) is 0.359. The van der Waals surface area contributed by atoms with E-state index >= 15 is 0 Å². The molecule has 1 saturated heterocycles. The van der Waals surface area contributed by atoms with Gasteiger partial charge in [-0.05, 0) is 13.3 Å². The Bertz CT molecular complexity index is 608. The second-order valence-corrected chi connectivity index (χ2v) is 4.50. The highest BCUT2D eigenvalue weighted by Gasteiger charge is 2.29. The Morgan fingerprint density at radius 3 is 3.11 bits per heavy atom. The highest BCUT2D eigenvalue weighted by Crippen LogP contribution is 2.24. The highest BCUT2D eigenvalue weighted by atomic mass is 16.4. The maximum atomic E-state index is 11.0. The molecule has 0 bridgehead atoms. The van der Waals surface area contributed by atoms with Crippen LogP contribution >= 0.6 is 0 Å². The number of nitrogens with zero attached hydrogens (tertiary/aromatic N) is 5. The van der Waals surface area contributed by atoms with Crippen molar-refractivity contribution in [2.24, 2.45) is 5.92 Å². The Balaban J connectivity index is 1.99. The van der Waals surface area contributed by atoms with E-state index in [1.807, 2.05) is 17.9 Å². The van der Waals surface area contributed by atoms with Crippen LogP contribution in [-0.4, -0.2) is 43.7 Å². The number of hydrogen-bond acceptors (Lipinski definition) is 5. The number of anilines is 1. The lowest BCUT2D eigenvalue weighted by atomic mass is 10.1. The van der Waals surface area contributed by atoms with Gasteiger partial charge in [0.15, 0.2) is 0 Å². The van der Waals surface area contributed by atoms with Crippen molar-refractivity contribution in [3.63, 3.8) is 0 Å². The Kier molecular flexibility index (Phi) is 2.39. The molecule has 1 fully saturated rings. The molecule has 7 heteroatoms. The van der Waals surface area contributed by atoms with E-state index in [1.54, 1.807) is 4.52 Å².